The van der Waals surface area contributed by atoms with Gasteiger partial charge in [-0.3, -0.25) is 20.2 Å². The monoisotopic (exact) mass is 466 g/mol. The summed E-state index contributed by atoms with van der Waals surface area (Å²) in [6.07, 6.45) is 0.524. The van der Waals surface area contributed by atoms with Crippen molar-refractivity contribution < 1.29 is 9.59 Å². The molecule has 5 heteroatoms. The zero-order chi connectivity index (χ0) is 23.5. The number of carbonyl (C=O) groups is 2. The van der Waals surface area contributed by atoms with Gasteiger partial charge in [-0.2, -0.15) is 0 Å². The number of fused-ring (bicyclic) bond motifs is 1. The molecule has 170 valence electrons. The van der Waals surface area contributed by atoms with E-state index in [0.717, 1.165) is 22.9 Å². The Morgan fingerprint density at radius 1 is 0.853 bits per heavy atom. The van der Waals surface area contributed by atoms with Crippen molar-refractivity contribution in [2.45, 2.75) is 30.7 Å². The Bertz CT molecular complexity index is 1330. The first-order valence-electron chi connectivity index (χ1n) is 11.5. The van der Waals surface area contributed by atoms with E-state index in [1.54, 1.807) is 0 Å². The van der Waals surface area contributed by atoms with Gasteiger partial charge in [-0.05, 0) is 46.4 Å². The summed E-state index contributed by atoms with van der Waals surface area (Å²) in [5.74, 6) is -0.206. The fourth-order valence-corrected chi connectivity index (χ4v) is 5.50. The number of amides is 2. The van der Waals surface area contributed by atoms with Crippen molar-refractivity contribution in [2.24, 2.45) is 0 Å². The van der Waals surface area contributed by atoms with Gasteiger partial charge in [-0.25, -0.2) is 0 Å². The van der Waals surface area contributed by atoms with E-state index in [4.69, 9.17) is 0 Å². The highest BCUT2D eigenvalue weighted by molar-refractivity contribution is 8.15. The van der Waals surface area contributed by atoms with Crippen molar-refractivity contribution in [1.29, 1.82) is 0 Å². The molecule has 0 radical (unpaired) electrons. The Hall–Kier alpha value is -3.41. The maximum atomic E-state index is 12.1. The lowest BCUT2D eigenvalue weighted by molar-refractivity contribution is -0.118. The van der Waals surface area contributed by atoms with E-state index in [-0.39, 0.29) is 28.5 Å². The fourth-order valence-electron chi connectivity index (χ4n) is 4.64. The Morgan fingerprint density at radius 3 is 2.35 bits per heavy atom. The first kappa shape index (κ1) is 22.4. The summed E-state index contributed by atoms with van der Waals surface area (Å²) in [5.41, 5.74) is 4.61. The third kappa shape index (κ3) is 4.76. The second-order valence-electron chi connectivity index (χ2n) is 8.63. The molecule has 4 aromatic rings. The van der Waals surface area contributed by atoms with Crippen LogP contribution in [-0.2, 0) is 11.2 Å². The molecule has 0 aromatic heterocycles. The first-order valence-corrected chi connectivity index (χ1v) is 12.4. The van der Waals surface area contributed by atoms with Gasteiger partial charge in [0.25, 0.3) is 5.24 Å². The molecule has 1 saturated heterocycles. The minimum absolute atomic E-state index is 0.0261. The lowest BCUT2D eigenvalue weighted by Gasteiger charge is -2.26. The third-order valence-electron chi connectivity index (χ3n) is 6.31. The highest BCUT2D eigenvalue weighted by Gasteiger charge is 2.31. The Kier molecular flexibility index (Phi) is 6.48. The second-order valence-corrected chi connectivity index (χ2v) is 9.81. The lowest BCUT2D eigenvalue weighted by atomic mass is 9.93. The van der Waals surface area contributed by atoms with Gasteiger partial charge in [-0.15, -0.1) is 0 Å². The summed E-state index contributed by atoms with van der Waals surface area (Å²) >= 11 is 1.07. The van der Waals surface area contributed by atoms with Gasteiger partial charge in [0, 0.05) is 6.04 Å². The van der Waals surface area contributed by atoms with Crippen LogP contribution in [-0.4, -0.2) is 16.4 Å². The van der Waals surface area contributed by atoms with Crippen molar-refractivity contribution >= 4 is 33.7 Å². The average molecular weight is 467 g/mol. The van der Waals surface area contributed by atoms with Crippen LogP contribution in [0.25, 0.3) is 10.8 Å². The fraction of sp³-hybridized carbons (Fsp3) is 0.172. The van der Waals surface area contributed by atoms with Crippen molar-refractivity contribution in [2.75, 3.05) is 0 Å². The molecule has 2 unspecified atom stereocenters. The first-order chi connectivity index (χ1) is 16.6. The largest absolute Gasteiger partial charge is 0.300 e. The molecular weight excluding hydrogens is 440 g/mol. The molecule has 1 heterocycles. The number of nitrogens with one attached hydrogen (secondary N) is 2. The van der Waals surface area contributed by atoms with Gasteiger partial charge in [0.2, 0.25) is 5.91 Å². The molecule has 2 N–H and O–H groups in total. The van der Waals surface area contributed by atoms with Gasteiger partial charge in [0.05, 0.1) is 11.3 Å². The molecule has 34 heavy (non-hydrogen) atoms. The maximum Gasteiger partial charge on any atom is 0.286 e. The van der Waals surface area contributed by atoms with Crippen molar-refractivity contribution in [3.05, 3.63) is 119 Å². The summed E-state index contributed by atoms with van der Waals surface area (Å²) in [7, 11) is 0. The molecule has 1 aliphatic rings. The predicted octanol–water partition coefficient (Wildman–Crippen LogP) is 6.17. The molecule has 0 aliphatic carbocycles. The normalized spacial score (nSPS) is 17.5. The van der Waals surface area contributed by atoms with Crippen LogP contribution in [0.2, 0.25) is 0 Å². The number of thioether (sulfide) groups is 1. The van der Waals surface area contributed by atoms with Crippen LogP contribution in [0.1, 0.15) is 41.3 Å². The maximum absolute atomic E-state index is 12.1. The Morgan fingerprint density at radius 2 is 1.56 bits per heavy atom. The van der Waals surface area contributed by atoms with E-state index in [0.29, 0.717) is 6.42 Å². The minimum Gasteiger partial charge on any atom is -0.300 e. The summed E-state index contributed by atoms with van der Waals surface area (Å²) in [5, 5.41) is 8.08. The molecule has 0 bridgehead atoms. The third-order valence-corrected chi connectivity index (χ3v) is 7.29. The number of hydrogen-bond acceptors (Lipinski definition) is 4. The highest BCUT2D eigenvalue weighted by atomic mass is 32.2. The standard InChI is InChI=1S/C29H26N2O2S/c1-19(24-16-8-13-21-10-5-6-15-25(21)24)30-27(22-11-3-2-4-12-22)23-14-7-9-20(17-23)18-26-28(32)31-29(33)34-26/h2-17,19,26-27,30H,18H2,1H3,(H,31,32,33)/t19-,26?,27?/m1/s1. The van der Waals surface area contributed by atoms with E-state index in [9.17, 15) is 9.59 Å². The van der Waals surface area contributed by atoms with Crippen LogP contribution in [0.4, 0.5) is 4.79 Å². The molecule has 1 aliphatic heterocycles. The summed E-state index contributed by atoms with van der Waals surface area (Å²) in [4.78, 5) is 23.7. The van der Waals surface area contributed by atoms with Gasteiger partial charge in [-0.1, -0.05) is 109 Å². The van der Waals surface area contributed by atoms with Gasteiger partial charge in [0.15, 0.2) is 0 Å². The van der Waals surface area contributed by atoms with E-state index in [1.165, 1.54) is 21.9 Å². The van der Waals surface area contributed by atoms with Crippen LogP contribution >= 0.6 is 11.8 Å². The van der Waals surface area contributed by atoms with Crippen LogP contribution < -0.4 is 10.6 Å². The van der Waals surface area contributed by atoms with Crippen LogP contribution in [0, 0.1) is 0 Å². The van der Waals surface area contributed by atoms with Crippen molar-refractivity contribution in [3.8, 4) is 0 Å². The number of rotatable bonds is 7. The minimum atomic E-state index is -0.375. The smallest absolute Gasteiger partial charge is 0.286 e. The summed E-state index contributed by atoms with van der Waals surface area (Å²) in [6, 6.07) is 33.7. The molecule has 1 fully saturated rings. The molecule has 0 spiro atoms. The van der Waals surface area contributed by atoms with Gasteiger partial charge >= 0.3 is 0 Å². The van der Waals surface area contributed by atoms with E-state index in [2.05, 4.69) is 96.4 Å². The molecule has 2 amide bonds. The quantitative estimate of drug-likeness (QED) is 0.342. The van der Waals surface area contributed by atoms with E-state index < -0.39 is 0 Å². The van der Waals surface area contributed by atoms with Crippen LogP contribution in [0.15, 0.2) is 97.1 Å². The highest BCUT2D eigenvalue weighted by Crippen LogP contribution is 2.31. The van der Waals surface area contributed by atoms with Crippen molar-refractivity contribution in [3.63, 3.8) is 0 Å². The molecule has 5 rings (SSSR count). The number of hydrogen-bond donors (Lipinski definition) is 2. The van der Waals surface area contributed by atoms with Crippen molar-refractivity contribution in [1.82, 2.24) is 10.6 Å². The molecular formula is C29H26N2O2S. The van der Waals surface area contributed by atoms with E-state index in [1.807, 2.05) is 18.2 Å². The average Bonchev–Trinajstić information content (AvgIpc) is 3.18. The number of benzene rings is 4. The van der Waals surface area contributed by atoms with Gasteiger partial charge in [0.1, 0.15) is 0 Å². The Labute approximate surface area is 203 Å². The van der Waals surface area contributed by atoms with Crippen LogP contribution in [0.3, 0.4) is 0 Å². The molecule has 3 atom stereocenters. The second kappa shape index (κ2) is 9.84. The number of imide groups is 1. The summed E-state index contributed by atoms with van der Waals surface area (Å²) < 4.78 is 0. The van der Waals surface area contributed by atoms with Crippen LogP contribution in [0.5, 0.6) is 0 Å². The SMILES string of the molecule is C[C@@H](NC(c1ccccc1)c1cccc(CC2SC(=O)NC2=O)c1)c1cccc2ccccc12. The molecule has 0 saturated carbocycles. The molecule has 4 nitrogen and oxygen atoms in total. The van der Waals surface area contributed by atoms with E-state index >= 15 is 0 Å². The lowest BCUT2D eigenvalue weighted by Crippen LogP contribution is -2.26. The molecule has 4 aromatic carbocycles. The predicted molar refractivity (Wildman–Crippen MR) is 139 cm³/mol. The number of carbonyl (C=O) groups excluding carboxylic acids is 2. The summed E-state index contributed by atoms with van der Waals surface area (Å²) in [6.45, 7) is 2.20. The topological polar surface area (TPSA) is 58.2 Å². The zero-order valence-electron chi connectivity index (χ0n) is 18.9. The van der Waals surface area contributed by atoms with Gasteiger partial charge < -0.3 is 0 Å². The zero-order valence-corrected chi connectivity index (χ0v) is 19.7. The Balaban J connectivity index is 1.46.